The molecule has 0 fully saturated rings. The van der Waals surface area contributed by atoms with Gasteiger partial charge in [0.25, 0.3) is 0 Å². The second-order valence-electron chi connectivity index (χ2n) is 4.69. The van der Waals surface area contributed by atoms with E-state index in [0.717, 1.165) is 13.1 Å². The molecule has 0 saturated carbocycles. The molecule has 20 heavy (non-hydrogen) atoms. The molecule has 0 aliphatic carbocycles. The molecule has 0 aromatic heterocycles. The van der Waals surface area contributed by atoms with E-state index in [1.54, 1.807) is 22.0 Å². The molecule has 0 amide bonds. The van der Waals surface area contributed by atoms with Crippen LogP contribution in [0.4, 0.5) is 0 Å². The molecule has 0 aliphatic rings. The van der Waals surface area contributed by atoms with Crippen molar-refractivity contribution in [1.29, 1.82) is 0 Å². The summed E-state index contributed by atoms with van der Waals surface area (Å²) >= 11 is 0. The maximum atomic E-state index is 2.25. The van der Waals surface area contributed by atoms with Crippen molar-refractivity contribution in [3.63, 3.8) is 0 Å². The first-order valence-corrected chi connectivity index (χ1v) is 8.65. The number of benzene rings is 2. The van der Waals surface area contributed by atoms with Gasteiger partial charge in [-0.05, 0) is 25.2 Å². The third-order valence-electron chi connectivity index (χ3n) is 2.78. The van der Waals surface area contributed by atoms with Gasteiger partial charge >= 0.3 is 0 Å². The number of rotatable bonds is 7. The van der Waals surface area contributed by atoms with Crippen molar-refractivity contribution in [3.05, 3.63) is 71.8 Å². The van der Waals surface area contributed by atoms with Crippen LogP contribution in [-0.2, 0) is 13.1 Å². The van der Waals surface area contributed by atoms with Crippen molar-refractivity contribution in [3.8, 4) is 0 Å². The lowest BCUT2D eigenvalue weighted by Crippen LogP contribution is -2.11. The highest BCUT2D eigenvalue weighted by molar-refractivity contribution is 8.74. The fourth-order valence-electron chi connectivity index (χ4n) is 1.85. The van der Waals surface area contributed by atoms with E-state index in [0.29, 0.717) is 0 Å². The average molecular weight is 304 g/mol. The fourth-order valence-corrected chi connectivity index (χ4v) is 3.48. The molecule has 4 heteroatoms. The van der Waals surface area contributed by atoms with Gasteiger partial charge in [0.2, 0.25) is 0 Å². The summed E-state index contributed by atoms with van der Waals surface area (Å²) in [7, 11) is 7.80. The summed E-state index contributed by atoms with van der Waals surface area (Å²) in [4.78, 5) is 0. The monoisotopic (exact) mass is 304 g/mol. The van der Waals surface area contributed by atoms with Crippen LogP contribution in [0.2, 0.25) is 0 Å². The zero-order valence-electron chi connectivity index (χ0n) is 11.9. The molecular weight excluding hydrogens is 284 g/mol. The molecule has 2 aromatic carbocycles. The molecule has 2 rings (SSSR count). The predicted molar refractivity (Wildman–Crippen MR) is 91.0 cm³/mol. The Morgan fingerprint density at radius 1 is 0.650 bits per heavy atom. The van der Waals surface area contributed by atoms with E-state index < -0.39 is 0 Å². The van der Waals surface area contributed by atoms with Gasteiger partial charge in [0.15, 0.2) is 0 Å². The zero-order chi connectivity index (χ0) is 14.2. The second-order valence-corrected chi connectivity index (χ2v) is 7.13. The Kier molecular flexibility index (Phi) is 6.47. The van der Waals surface area contributed by atoms with Crippen molar-refractivity contribution in [2.45, 2.75) is 13.1 Å². The summed E-state index contributed by atoms with van der Waals surface area (Å²) in [5, 5.41) is 0. The molecule has 0 bridgehead atoms. The highest BCUT2D eigenvalue weighted by atomic mass is 33.1. The highest BCUT2D eigenvalue weighted by Crippen LogP contribution is 2.29. The van der Waals surface area contributed by atoms with Crippen LogP contribution in [0.1, 0.15) is 11.1 Å². The Bertz CT molecular complexity index is 443. The van der Waals surface area contributed by atoms with Crippen molar-refractivity contribution in [2.24, 2.45) is 0 Å². The van der Waals surface area contributed by atoms with Gasteiger partial charge in [-0.2, -0.15) is 0 Å². The van der Waals surface area contributed by atoms with E-state index in [4.69, 9.17) is 0 Å². The molecule has 0 N–H and O–H groups in total. The van der Waals surface area contributed by atoms with Crippen LogP contribution in [0, 0.1) is 0 Å². The SMILES string of the molecule is CN(Cc1ccccc1)SSN(C)Cc1ccccc1. The summed E-state index contributed by atoms with van der Waals surface area (Å²) in [5.41, 5.74) is 2.68. The highest BCUT2D eigenvalue weighted by Gasteiger charge is 2.05. The zero-order valence-corrected chi connectivity index (χ0v) is 13.5. The molecule has 2 aromatic rings. The van der Waals surface area contributed by atoms with Crippen LogP contribution in [0.15, 0.2) is 60.7 Å². The van der Waals surface area contributed by atoms with Crippen molar-refractivity contribution in [1.82, 2.24) is 8.61 Å². The molecule has 0 saturated heterocycles. The van der Waals surface area contributed by atoms with Gasteiger partial charge in [-0.25, -0.2) is 8.61 Å². The Morgan fingerprint density at radius 3 is 1.35 bits per heavy atom. The normalized spacial score (nSPS) is 11.2. The predicted octanol–water partition coefficient (Wildman–Crippen LogP) is 4.46. The molecule has 0 radical (unpaired) electrons. The molecule has 0 aliphatic heterocycles. The minimum absolute atomic E-state index is 0.956. The van der Waals surface area contributed by atoms with Gasteiger partial charge in [-0.3, -0.25) is 0 Å². The third-order valence-corrected chi connectivity index (χ3v) is 5.34. The van der Waals surface area contributed by atoms with Crippen molar-refractivity contribution in [2.75, 3.05) is 14.1 Å². The van der Waals surface area contributed by atoms with Crippen LogP contribution in [0.3, 0.4) is 0 Å². The first-order chi connectivity index (χ1) is 9.74. The number of hydrogen-bond acceptors (Lipinski definition) is 4. The molecule has 0 unspecified atom stereocenters. The first-order valence-electron chi connectivity index (χ1n) is 6.59. The third kappa shape index (κ3) is 5.59. The average Bonchev–Trinajstić information content (AvgIpc) is 2.47. The molecule has 106 valence electrons. The number of hydrogen-bond donors (Lipinski definition) is 0. The van der Waals surface area contributed by atoms with Crippen LogP contribution in [-0.4, -0.2) is 22.7 Å². The molecule has 0 heterocycles. The summed E-state index contributed by atoms with van der Waals surface area (Å²) < 4.78 is 4.50. The van der Waals surface area contributed by atoms with E-state index >= 15 is 0 Å². The Balaban J connectivity index is 1.71. The standard InChI is InChI=1S/C16H20N2S2/c1-17(13-15-9-5-3-6-10-15)19-20-18(2)14-16-11-7-4-8-12-16/h3-12H,13-14H2,1-2H3. The van der Waals surface area contributed by atoms with E-state index in [1.165, 1.54) is 11.1 Å². The quantitative estimate of drug-likeness (QED) is 0.550. The topological polar surface area (TPSA) is 6.48 Å². The largest absolute Gasteiger partial charge is 0.239 e. The van der Waals surface area contributed by atoms with Gasteiger partial charge in [0.05, 0.1) is 0 Å². The van der Waals surface area contributed by atoms with Crippen LogP contribution in [0.25, 0.3) is 0 Å². The van der Waals surface area contributed by atoms with E-state index in [1.807, 2.05) is 0 Å². The summed E-state index contributed by atoms with van der Waals surface area (Å²) in [5.74, 6) is 0. The van der Waals surface area contributed by atoms with Crippen molar-refractivity contribution >= 4 is 22.0 Å². The van der Waals surface area contributed by atoms with Gasteiger partial charge < -0.3 is 0 Å². The minimum Gasteiger partial charge on any atom is -0.239 e. The lowest BCUT2D eigenvalue weighted by molar-refractivity contribution is 0.559. The van der Waals surface area contributed by atoms with Gasteiger partial charge in [-0.15, -0.1) is 0 Å². The van der Waals surface area contributed by atoms with Crippen LogP contribution in [0.5, 0.6) is 0 Å². The maximum absolute atomic E-state index is 2.25. The fraction of sp³-hybridized carbons (Fsp3) is 0.250. The molecular formula is C16H20N2S2. The molecule has 2 nitrogen and oxygen atoms in total. The lowest BCUT2D eigenvalue weighted by Gasteiger charge is -2.19. The Morgan fingerprint density at radius 2 is 1.00 bits per heavy atom. The minimum atomic E-state index is 0.956. The summed E-state index contributed by atoms with van der Waals surface area (Å²) in [6.07, 6.45) is 0. The Labute approximate surface area is 129 Å². The maximum Gasteiger partial charge on any atom is 0.0345 e. The van der Waals surface area contributed by atoms with Gasteiger partial charge in [0.1, 0.15) is 0 Å². The van der Waals surface area contributed by atoms with Gasteiger partial charge in [0, 0.05) is 35.0 Å². The van der Waals surface area contributed by atoms with E-state index in [2.05, 4.69) is 83.4 Å². The van der Waals surface area contributed by atoms with Crippen molar-refractivity contribution < 1.29 is 0 Å². The number of nitrogens with zero attached hydrogens (tertiary/aromatic N) is 2. The summed E-state index contributed by atoms with van der Waals surface area (Å²) in [6.45, 7) is 1.91. The van der Waals surface area contributed by atoms with E-state index in [-0.39, 0.29) is 0 Å². The summed E-state index contributed by atoms with van der Waals surface area (Å²) in [6, 6.07) is 21.1. The van der Waals surface area contributed by atoms with Crippen LogP contribution < -0.4 is 0 Å². The molecule has 0 atom stereocenters. The smallest absolute Gasteiger partial charge is 0.0345 e. The first kappa shape index (κ1) is 15.4. The molecule has 0 spiro atoms. The second kappa shape index (κ2) is 8.37. The Hall–Kier alpha value is -0.940. The lowest BCUT2D eigenvalue weighted by atomic mass is 10.2. The van der Waals surface area contributed by atoms with Gasteiger partial charge in [-0.1, -0.05) is 60.7 Å². The van der Waals surface area contributed by atoms with Crippen LogP contribution >= 0.6 is 22.0 Å². The van der Waals surface area contributed by atoms with E-state index in [9.17, 15) is 0 Å².